The Bertz CT molecular complexity index is 834. The smallest absolute Gasteiger partial charge is 0.166 e. The second-order valence-corrected chi connectivity index (χ2v) is 13.1. The van der Waals surface area contributed by atoms with Crippen molar-refractivity contribution in [2.45, 2.75) is 98.8 Å². The monoisotopic (exact) mass is 420 g/mol. The average Bonchev–Trinajstić information content (AvgIpc) is 3.11. The molecular formula is C30H44O. The van der Waals surface area contributed by atoms with Gasteiger partial charge in [-0.3, -0.25) is 4.79 Å². The highest BCUT2D eigenvalue weighted by Crippen LogP contribution is 2.68. The molecule has 0 amide bonds. The fourth-order valence-electron chi connectivity index (χ4n) is 9.17. The van der Waals surface area contributed by atoms with Crippen LogP contribution in [0.3, 0.4) is 0 Å². The maximum Gasteiger partial charge on any atom is 0.166 e. The topological polar surface area (TPSA) is 17.1 Å². The van der Waals surface area contributed by atoms with Crippen molar-refractivity contribution in [1.29, 1.82) is 0 Å². The molecule has 0 aromatic heterocycles. The molecule has 0 spiro atoms. The predicted molar refractivity (Wildman–Crippen MR) is 129 cm³/mol. The first-order chi connectivity index (χ1) is 14.7. The molecule has 7 atom stereocenters. The fourth-order valence-corrected chi connectivity index (χ4v) is 9.17. The van der Waals surface area contributed by atoms with Gasteiger partial charge in [0.05, 0.1) is 0 Å². The number of hydrogen-bond acceptors (Lipinski definition) is 1. The zero-order valence-electron chi connectivity index (χ0n) is 20.7. The minimum atomic E-state index is 0.221. The Kier molecular flexibility index (Phi) is 5.23. The van der Waals surface area contributed by atoms with Gasteiger partial charge in [0.1, 0.15) is 0 Å². The summed E-state index contributed by atoms with van der Waals surface area (Å²) in [5.74, 6) is 4.13. The molecule has 1 heteroatoms. The lowest BCUT2D eigenvalue weighted by molar-refractivity contribution is -0.124. The average molecular weight is 421 g/mol. The molecule has 4 fully saturated rings. The van der Waals surface area contributed by atoms with Gasteiger partial charge < -0.3 is 0 Å². The molecule has 0 radical (unpaired) electrons. The normalized spacial score (nSPS) is 43.6. The Morgan fingerprint density at radius 1 is 0.839 bits per heavy atom. The van der Waals surface area contributed by atoms with Gasteiger partial charge in [0.15, 0.2) is 5.78 Å². The highest BCUT2D eigenvalue weighted by atomic mass is 16.1. The molecule has 0 saturated heterocycles. The van der Waals surface area contributed by atoms with Crippen molar-refractivity contribution in [2.75, 3.05) is 0 Å². The standard InChI is InChI=1S/C30H44O/c1-6-20-7-9-21(10-8-20)27(31)26-14-13-24-23-12-11-22-19-28(2,3)17-18-29(22,4)25(23)15-16-30(24,26)5/h7-10,22-26H,6,11-19H2,1-5H3/t22-,23+,24+,25+,26-,29+,30+/m1/s1. The SMILES string of the molecule is CCc1ccc(C(=O)[C@H]2CC[C@H]3[C@@H]4CC[C@@H]5CC(C)(C)CC[C@]5(C)[C@H]4CC[C@]23C)cc1. The van der Waals surface area contributed by atoms with Crippen LogP contribution in [0.15, 0.2) is 24.3 Å². The van der Waals surface area contributed by atoms with E-state index >= 15 is 0 Å². The van der Waals surface area contributed by atoms with E-state index in [2.05, 4.69) is 58.9 Å². The first-order valence-electron chi connectivity index (χ1n) is 13.3. The molecule has 4 aliphatic rings. The van der Waals surface area contributed by atoms with Gasteiger partial charge in [-0.15, -0.1) is 0 Å². The van der Waals surface area contributed by atoms with Crippen molar-refractivity contribution in [3.05, 3.63) is 35.4 Å². The third kappa shape index (κ3) is 3.36. The Hall–Kier alpha value is -1.11. The number of benzene rings is 1. The summed E-state index contributed by atoms with van der Waals surface area (Å²) in [5, 5.41) is 0. The van der Waals surface area contributed by atoms with Crippen molar-refractivity contribution in [3.63, 3.8) is 0 Å². The summed E-state index contributed by atoms with van der Waals surface area (Å²) < 4.78 is 0. The molecule has 0 aliphatic heterocycles. The lowest BCUT2D eigenvalue weighted by atomic mass is 9.43. The molecule has 1 aromatic carbocycles. The molecule has 0 bridgehead atoms. The van der Waals surface area contributed by atoms with Crippen LogP contribution in [0.2, 0.25) is 0 Å². The van der Waals surface area contributed by atoms with E-state index in [1.54, 1.807) is 0 Å². The van der Waals surface area contributed by atoms with E-state index in [0.29, 0.717) is 16.6 Å². The Balaban J connectivity index is 1.37. The van der Waals surface area contributed by atoms with Crippen LogP contribution < -0.4 is 0 Å². The maximum absolute atomic E-state index is 13.6. The van der Waals surface area contributed by atoms with Crippen molar-refractivity contribution in [3.8, 4) is 0 Å². The number of fused-ring (bicyclic) bond motifs is 5. The van der Waals surface area contributed by atoms with E-state index in [1.807, 2.05) is 0 Å². The lowest BCUT2D eigenvalue weighted by Gasteiger charge is -2.62. The Labute approximate surface area is 190 Å². The van der Waals surface area contributed by atoms with Crippen LogP contribution in [0.1, 0.15) is 108 Å². The third-order valence-electron chi connectivity index (χ3n) is 11.2. The number of carbonyl (C=O) groups excluding carboxylic acids is 1. The molecule has 1 aromatic rings. The fraction of sp³-hybridized carbons (Fsp3) is 0.767. The van der Waals surface area contributed by atoms with Crippen LogP contribution >= 0.6 is 0 Å². The van der Waals surface area contributed by atoms with Gasteiger partial charge in [0, 0.05) is 11.5 Å². The van der Waals surface area contributed by atoms with E-state index in [0.717, 1.165) is 42.1 Å². The van der Waals surface area contributed by atoms with Crippen LogP contribution in [-0.2, 0) is 6.42 Å². The molecule has 170 valence electrons. The third-order valence-corrected chi connectivity index (χ3v) is 11.2. The first kappa shape index (κ1) is 21.7. The minimum Gasteiger partial charge on any atom is -0.294 e. The first-order valence-corrected chi connectivity index (χ1v) is 13.3. The summed E-state index contributed by atoms with van der Waals surface area (Å²) in [7, 11) is 0. The number of rotatable bonds is 3. The van der Waals surface area contributed by atoms with Crippen LogP contribution in [0.25, 0.3) is 0 Å². The Morgan fingerprint density at radius 2 is 1.55 bits per heavy atom. The summed E-state index contributed by atoms with van der Waals surface area (Å²) in [6.45, 7) is 12.3. The largest absolute Gasteiger partial charge is 0.294 e. The van der Waals surface area contributed by atoms with Crippen LogP contribution in [-0.4, -0.2) is 5.78 Å². The summed E-state index contributed by atoms with van der Waals surface area (Å²) >= 11 is 0. The van der Waals surface area contributed by atoms with Gasteiger partial charge in [-0.1, -0.05) is 58.9 Å². The molecule has 1 nitrogen and oxygen atoms in total. The number of aryl methyl sites for hydroxylation is 1. The van der Waals surface area contributed by atoms with E-state index < -0.39 is 0 Å². The highest BCUT2D eigenvalue weighted by Gasteiger charge is 2.61. The predicted octanol–water partition coefficient (Wildman–Crippen LogP) is 8.12. The lowest BCUT2D eigenvalue weighted by Crippen LogP contribution is -2.54. The van der Waals surface area contributed by atoms with Crippen LogP contribution in [0, 0.1) is 45.8 Å². The molecule has 4 saturated carbocycles. The van der Waals surface area contributed by atoms with Crippen LogP contribution in [0.4, 0.5) is 0 Å². The summed E-state index contributed by atoms with van der Waals surface area (Å²) in [5.41, 5.74) is 3.60. The second kappa shape index (κ2) is 7.46. The zero-order chi connectivity index (χ0) is 22.0. The zero-order valence-corrected chi connectivity index (χ0v) is 20.7. The summed E-state index contributed by atoms with van der Waals surface area (Å²) in [6.07, 6.45) is 13.2. The number of Topliss-reactive ketones (excluding diaryl/α,β-unsaturated/α-hetero) is 1. The van der Waals surface area contributed by atoms with Gasteiger partial charge in [-0.2, -0.15) is 0 Å². The van der Waals surface area contributed by atoms with E-state index in [9.17, 15) is 4.79 Å². The number of carbonyl (C=O) groups is 1. The Morgan fingerprint density at radius 3 is 2.26 bits per heavy atom. The molecule has 0 unspecified atom stereocenters. The number of ketones is 1. The molecular weight excluding hydrogens is 376 g/mol. The van der Waals surface area contributed by atoms with E-state index in [1.165, 1.54) is 56.9 Å². The molecule has 4 aliphatic carbocycles. The summed E-state index contributed by atoms with van der Waals surface area (Å²) in [4.78, 5) is 13.6. The second-order valence-electron chi connectivity index (χ2n) is 13.1. The van der Waals surface area contributed by atoms with Crippen molar-refractivity contribution < 1.29 is 4.79 Å². The molecule has 5 rings (SSSR count). The van der Waals surface area contributed by atoms with Crippen molar-refractivity contribution >= 4 is 5.78 Å². The highest BCUT2D eigenvalue weighted by molar-refractivity contribution is 5.98. The maximum atomic E-state index is 13.6. The molecule has 0 N–H and O–H groups in total. The minimum absolute atomic E-state index is 0.221. The quantitative estimate of drug-likeness (QED) is 0.451. The van der Waals surface area contributed by atoms with Gasteiger partial charge >= 0.3 is 0 Å². The van der Waals surface area contributed by atoms with E-state index in [-0.39, 0.29) is 11.3 Å². The molecule has 0 heterocycles. The number of hydrogen-bond donors (Lipinski definition) is 0. The van der Waals surface area contributed by atoms with Crippen LogP contribution in [0.5, 0.6) is 0 Å². The van der Waals surface area contributed by atoms with Crippen molar-refractivity contribution in [2.24, 2.45) is 45.8 Å². The van der Waals surface area contributed by atoms with Gasteiger partial charge in [0.2, 0.25) is 0 Å². The van der Waals surface area contributed by atoms with Crippen molar-refractivity contribution in [1.82, 2.24) is 0 Å². The van der Waals surface area contributed by atoms with Gasteiger partial charge in [-0.05, 0) is 110 Å². The molecule has 31 heavy (non-hydrogen) atoms. The summed E-state index contributed by atoms with van der Waals surface area (Å²) in [6, 6.07) is 8.51. The van der Waals surface area contributed by atoms with E-state index in [4.69, 9.17) is 0 Å². The van der Waals surface area contributed by atoms with Gasteiger partial charge in [-0.25, -0.2) is 0 Å². The van der Waals surface area contributed by atoms with Gasteiger partial charge in [0.25, 0.3) is 0 Å².